The number of benzene rings is 1. The van der Waals surface area contributed by atoms with Gasteiger partial charge in [0.05, 0.1) is 17.0 Å². The van der Waals surface area contributed by atoms with Crippen molar-refractivity contribution >= 4 is 27.6 Å². The molecule has 2 saturated heterocycles. The molecule has 0 unspecified atom stereocenters. The molecule has 3 rings (SSSR count). The van der Waals surface area contributed by atoms with Crippen LogP contribution in [0.2, 0.25) is 0 Å². The van der Waals surface area contributed by atoms with Crippen LogP contribution in [-0.4, -0.2) is 57.2 Å². The van der Waals surface area contributed by atoms with E-state index >= 15 is 0 Å². The lowest BCUT2D eigenvalue weighted by molar-refractivity contribution is -0.135. The Labute approximate surface area is 154 Å². The largest absolute Gasteiger partial charge is 0.452 e. The van der Waals surface area contributed by atoms with Crippen LogP contribution in [0.1, 0.15) is 36.5 Å². The van der Waals surface area contributed by atoms with Gasteiger partial charge in [0.1, 0.15) is 0 Å². The van der Waals surface area contributed by atoms with E-state index in [1.165, 1.54) is 10.4 Å². The maximum Gasteiger partial charge on any atom is 0.338 e. The van der Waals surface area contributed by atoms with Crippen molar-refractivity contribution in [1.29, 1.82) is 0 Å². The fraction of sp³-hybridized carbons (Fsp3) is 0.556. The van der Waals surface area contributed by atoms with E-state index in [-0.39, 0.29) is 23.8 Å². The fourth-order valence-corrected chi connectivity index (χ4v) is 4.83. The summed E-state index contributed by atoms with van der Waals surface area (Å²) in [4.78, 5) is 26.1. The number of carbonyl (C=O) groups excluding carboxylic acids is 2. The first-order valence-electron chi connectivity index (χ1n) is 8.92. The number of likely N-dealkylation sites (tertiary alicyclic amines) is 1. The molecule has 0 bridgehead atoms. The van der Waals surface area contributed by atoms with Crippen LogP contribution in [-0.2, 0) is 19.6 Å². The molecule has 1 amide bonds. The minimum atomic E-state index is -3.31. The van der Waals surface area contributed by atoms with Gasteiger partial charge in [-0.3, -0.25) is 9.10 Å². The van der Waals surface area contributed by atoms with Gasteiger partial charge >= 0.3 is 5.97 Å². The molecular weight excluding hydrogens is 356 g/mol. The molecule has 0 aliphatic carbocycles. The Kier molecular flexibility index (Phi) is 5.50. The molecule has 2 aliphatic heterocycles. The van der Waals surface area contributed by atoms with Crippen LogP contribution < -0.4 is 4.31 Å². The Morgan fingerprint density at radius 1 is 1.19 bits per heavy atom. The van der Waals surface area contributed by atoms with Gasteiger partial charge in [-0.2, -0.15) is 0 Å². The van der Waals surface area contributed by atoms with Crippen LogP contribution >= 0.6 is 0 Å². The molecule has 1 aromatic carbocycles. The fourth-order valence-electron chi connectivity index (χ4n) is 3.28. The molecule has 26 heavy (non-hydrogen) atoms. The van der Waals surface area contributed by atoms with Crippen molar-refractivity contribution in [3.05, 3.63) is 29.8 Å². The van der Waals surface area contributed by atoms with E-state index in [9.17, 15) is 18.0 Å². The van der Waals surface area contributed by atoms with Gasteiger partial charge in [-0.1, -0.05) is 13.0 Å². The highest BCUT2D eigenvalue weighted by molar-refractivity contribution is 7.93. The maximum atomic E-state index is 12.3. The average Bonchev–Trinajstić information content (AvgIpc) is 2.99. The highest BCUT2D eigenvalue weighted by Crippen LogP contribution is 2.25. The lowest BCUT2D eigenvalue weighted by atomic mass is 9.99. The summed E-state index contributed by atoms with van der Waals surface area (Å²) in [5, 5.41) is 0. The summed E-state index contributed by atoms with van der Waals surface area (Å²) in [5.74, 6) is -0.0816. The van der Waals surface area contributed by atoms with E-state index in [1.807, 2.05) is 0 Å². The number of ether oxygens (including phenoxy) is 1. The standard InChI is InChI=1S/C18H24N2O5S/c1-14-6-9-19(10-7-14)17(21)13-25-18(22)15-4-2-5-16(12-15)20-8-3-11-26(20,23)24/h2,4-5,12,14H,3,6-11,13H2,1H3. The van der Waals surface area contributed by atoms with Gasteiger partial charge in [0.2, 0.25) is 10.0 Å². The smallest absolute Gasteiger partial charge is 0.338 e. The number of esters is 1. The lowest BCUT2D eigenvalue weighted by Gasteiger charge is -2.30. The monoisotopic (exact) mass is 380 g/mol. The molecule has 1 aromatic rings. The molecule has 0 saturated carbocycles. The zero-order valence-electron chi connectivity index (χ0n) is 14.9. The van der Waals surface area contributed by atoms with E-state index in [1.54, 1.807) is 23.1 Å². The summed E-state index contributed by atoms with van der Waals surface area (Å²) in [6.45, 7) is 3.67. The van der Waals surface area contributed by atoms with E-state index in [4.69, 9.17) is 4.74 Å². The van der Waals surface area contributed by atoms with Crippen molar-refractivity contribution in [2.75, 3.05) is 36.3 Å². The second-order valence-electron chi connectivity index (χ2n) is 6.93. The highest BCUT2D eigenvalue weighted by atomic mass is 32.2. The Hall–Kier alpha value is -2.09. The van der Waals surface area contributed by atoms with Crippen molar-refractivity contribution < 1.29 is 22.7 Å². The molecule has 0 aromatic heterocycles. The zero-order valence-corrected chi connectivity index (χ0v) is 15.7. The van der Waals surface area contributed by atoms with Crippen LogP contribution in [0.4, 0.5) is 5.69 Å². The third kappa shape index (κ3) is 4.17. The number of rotatable bonds is 4. The molecule has 0 atom stereocenters. The van der Waals surface area contributed by atoms with Crippen LogP contribution in [0.15, 0.2) is 24.3 Å². The second kappa shape index (κ2) is 7.65. The SMILES string of the molecule is CC1CCN(C(=O)COC(=O)c2cccc(N3CCCS3(=O)=O)c2)CC1. The third-order valence-corrected chi connectivity index (χ3v) is 6.80. The summed E-state index contributed by atoms with van der Waals surface area (Å²) in [6.07, 6.45) is 2.50. The topological polar surface area (TPSA) is 84.0 Å². The van der Waals surface area contributed by atoms with E-state index in [0.29, 0.717) is 37.7 Å². The molecule has 8 heteroatoms. The molecule has 0 spiro atoms. The summed E-state index contributed by atoms with van der Waals surface area (Å²) < 4.78 is 30.5. The van der Waals surface area contributed by atoms with Crippen molar-refractivity contribution in [3.63, 3.8) is 0 Å². The number of hydrogen-bond acceptors (Lipinski definition) is 5. The number of nitrogens with zero attached hydrogens (tertiary/aromatic N) is 2. The Bertz CT molecular complexity index is 785. The minimum absolute atomic E-state index is 0.116. The lowest BCUT2D eigenvalue weighted by Crippen LogP contribution is -2.40. The normalized spacial score (nSPS) is 20.2. The molecule has 0 N–H and O–H groups in total. The van der Waals surface area contributed by atoms with Gasteiger partial charge < -0.3 is 9.64 Å². The molecular formula is C18H24N2O5S. The minimum Gasteiger partial charge on any atom is -0.452 e. The Morgan fingerprint density at radius 3 is 2.58 bits per heavy atom. The summed E-state index contributed by atoms with van der Waals surface area (Å²) >= 11 is 0. The molecule has 2 fully saturated rings. The first-order chi connectivity index (χ1) is 12.4. The van der Waals surface area contributed by atoms with Crippen LogP contribution in [0.3, 0.4) is 0 Å². The van der Waals surface area contributed by atoms with Gasteiger partial charge in [0.25, 0.3) is 5.91 Å². The molecule has 7 nitrogen and oxygen atoms in total. The molecule has 2 heterocycles. The summed E-state index contributed by atoms with van der Waals surface area (Å²) in [5.41, 5.74) is 0.693. The van der Waals surface area contributed by atoms with E-state index in [0.717, 1.165) is 12.8 Å². The van der Waals surface area contributed by atoms with Crippen molar-refractivity contribution in [2.24, 2.45) is 5.92 Å². The predicted molar refractivity (Wildman–Crippen MR) is 97.5 cm³/mol. The molecule has 0 radical (unpaired) electrons. The van der Waals surface area contributed by atoms with Crippen molar-refractivity contribution in [3.8, 4) is 0 Å². The molecule has 142 valence electrons. The van der Waals surface area contributed by atoms with Crippen LogP contribution in [0.25, 0.3) is 0 Å². The number of amides is 1. The van der Waals surface area contributed by atoms with Gasteiger partial charge in [-0.25, -0.2) is 13.2 Å². The Balaban J connectivity index is 1.60. The maximum absolute atomic E-state index is 12.3. The van der Waals surface area contributed by atoms with Gasteiger partial charge in [0.15, 0.2) is 6.61 Å². The summed E-state index contributed by atoms with van der Waals surface area (Å²) in [7, 11) is -3.31. The number of hydrogen-bond donors (Lipinski definition) is 0. The number of carbonyl (C=O) groups is 2. The number of piperidine rings is 1. The van der Waals surface area contributed by atoms with Crippen molar-refractivity contribution in [1.82, 2.24) is 4.90 Å². The quantitative estimate of drug-likeness (QED) is 0.742. The van der Waals surface area contributed by atoms with Crippen LogP contribution in [0, 0.1) is 5.92 Å². The first kappa shape index (κ1) is 18.7. The van der Waals surface area contributed by atoms with Gasteiger partial charge in [-0.05, 0) is 43.4 Å². The Morgan fingerprint density at radius 2 is 1.92 bits per heavy atom. The third-order valence-electron chi connectivity index (χ3n) is 4.93. The summed E-state index contributed by atoms with van der Waals surface area (Å²) in [6, 6.07) is 6.33. The zero-order chi connectivity index (χ0) is 18.7. The second-order valence-corrected chi connectivity index (χ2v) is 8.94. The number of anilines is 1. The van der Waals surface area contributed by atoms with Gasteiger partial charge in [0, 0.05) is 19.6 Å². The molecule has 2 aliphatic rings. The predicted octanol–water partition coefficient (Wildman–Crippen LogP) is 1.64. The average molecular weight is 380 g/mol. The van der Waals surface area contributed by atoms with E-state index < -0.39 is 16.0 Å². The van der Waals surface area contributed by atoms with Crippen LogP contribution in [0.5, 0.6) is 0 Å². The highest BCUT2D eigenvalue weighted by Gasteiger charge is 2.29. The van der Waals surface area contributed by atoms with E-state index in [2.05, 4.69) is 6.92 Å². The van der Waals surface area contributed by atoms with Gasteiger partial charge in [-0.15, -0.1) is 0 Å². The van der Waals surface area contributed by atoms with Crippen molar-refractivity contribution in [2.45, 2.75) is 26.2 Å². The number of sulfonamides is 1. The first-order valence-corrected chi connectivity index (χ1v) is 10.5.